The zero-order chi connectivity index (χ0) is 44.7. The molecule has 0 aliphatic carbocycles. The quantitative estimate of drug-likeness (QED) is 0.141. The number of hydrogen-bond donors (Lipinski definition) is 0. The molecule has 0 atom stereocenters. The van der Waals surface area contributed by atoms with E-state index in [-0.39, 0.29) is 35.4 Å². The van der Waals surface area contributed by atoms with Crippen LogP contribution in [0.3, 0.4) is 0 Å². The number of anilines is 3. The second-order valence-corrected chi connectivity index (χ2v) is 15.4. The number of rotatable bonds is 9. The van der Waals surface area contributed by atoms with Crippen molar-refractivity contribution in [1.82, 2.24) is 4.57 Å². The first-order valence-electron chi connectivity index (χ1n) is 22.9. The van der Waals surface area contributed by atoms with Gasteiger partial charge < -0.3 is 9.47 Å². The number of benzene rings is 10. The highest BCUT2D eigenvalue weighted by molar-refractivity contribution is 6.16. The maximum atomic E-state index is 9.85. The lowest BCUT2D eigenvalue weighted by Crippen LogP contribution is -2.11. The van der Waals surface area contributed by atoms with Crippen LogP contribution < -0.4 is 4.90 Å². The fourth-order valence-electron chi connectivity index (χ4n) is 8.73. The maximum Gasteiger partial charge on any atom is 0.0645 e. The van der Waals surface area contributed by atoms with Gasteiger partial charge in [0.2, 0.25) is 0 Å². The maximum absolute atomic E-state index is 9.85. The molecule has 0 unspecified atom stereocenters. The summed E-state index contributed by atoms with van der Waals surface area (Å²) in [6.45, 7) is 0. The molecular formula is C60H42N2. The minimum atomic E-state index is -0.136. The first kappa shape index (κ1) is 32.6. The van der Waals surface area contributed by atoms with E-state index in [9.17, 15) is 5.48 Å². The van der Waals surface area contributed by atoms with Gasteiger partial charge in [-0.25, -0.2) is 0 Å². The lowest BCUT2D eigenvalue weighted by molar-refractivity contribution is 1.18. The molecule has 62 heavy (non-hydrogen) atoms. The fourth-order valence-corrected chi connectivity index (χ4v) is 8.73. The third kappa shape index (κ3) is 6.84. The van der Waals surface area contributed by atoms with Gasteiger partial charge in [-0.2, -0.15) is 0 Å². The van der Waals surface area contributed by atoms with E-state index in [2.05, 4.69) is 126 Å². The van der Waals surface area contributed by atoms with Crippen LogP contribution in [0.5, 0.6) is 0 Å². The van der Waals surface area contributed by atoms with Crippen LogP contribution in [0.15, 0.2) is 255 Å². The number of fused-ring (bicyclic) bond motifs is 3. The molecule has 0 fully saturated rings. The van der Waals surface area contributed by atoms with Gasteiger partial charge in [-0.1, -0.05) is 188 Å². The monoisotopic (exact) mass is 794 g/mol. The first-order chi connectivity index (χ1) is 32.4. The van der Waals surface area contributed by atoms with Gasteiger partial charge in [-0.05, 0) is 117 Å². The van der Waals surface area contributed by atoms with Crippen molar-refractivity contribution in [3.05, 3.63) is 255 Å². The molecular weight excluding hydrogens is 749 g/mol. The number of para-hydroxylation sites is 2. The van der Waals surface area contributed by atoms with E-state index >= 15 is 0 Å². The second-order valence-electron chi connectivity index (χ2n) is 15.4. The highest BCUT2D eigenvalue weighted by atomic mass is 15.1. The van der Waals surface area contributed by atoms with Crippen molar-refractivity contribution in [2.75, 3.05) is 4.90 Å². The number of nitrogens with zero attached hydrogens (tertiary/aromatic N) is 2. The third-order valence-corrected chi connectivity index (χ3v) is 11.7. The predicted molar refractivity (Wildman–Crippen MR) is 263 cm³/mol. The van der Waals surface area contributed by atoms with Gasteiger partial charge >= 0.3 is 0 Å². The van der Waals surface area contributed by atoms with Crippen LogP contribution in [-0.2, 0) is 0 Å². The van der Waals surface area contributed by atoms with Crippen molar-refractivity contribution in [1.29, 1.82) is 0 Å². The average Bonchev–Trinajstić information content (AvgIpc) is 3.73. The van der Waals surface area contributed by atoms with Gasteiger partial charge in [0.15, 0.2) is 0 Å². The summed E-state index contributed by atoms with van der Waals surface area (Å²) >= 11 is 0. The summed E-state index contributed by atoms with van der Waals surface area (Å²) in [6.07, 6.45) is 0. The molecule has 292 valence electrons. The van der Waals surface area contributed by atoms with Crippen molar-refractivity contribution in [2.24, 2.45) is 0 Å². The number of hydrogen-bond acceptors (Lipinski definition) is 1. The van der Waals surface area contributed by atoms with E-state index < -0.39 is 0 Å². The van der Waals surface area contributed by atoms with Gasteiger partial charge in [0.1, 0.15) is 0 Å². The highest BCUT2D eigenvalue weighted by Crippen LogP contribution is 2.44. The van der Waals surface area contributed by atoms with Crippen LogP contribution in [0.2, 0.25) is 0 Å². The number of aromatic nitrogens is 1. The summed E-state index contributed by atoms with van der Waals surface area (Å²) in [6, 6.07) is 77.4. The largest absolute Gasteiger partial charge is 0.310 e. The van der Waals surface area contributed by atoms with Crippen LogP contribution in [-0.4, -0.2) is 4.57 Å². The molecule has 11 rings (SSSR count). The molecule has 0 amide bonds. The van der Waals surface area contributed by atoms with Crippen LogP contribution in [0.1, 0.15) is 5.48 Å². The molecule has 0 aliphatic heterocycles. The minimum Gasteiger partial charge on any atom is -0.310 e. The molecule has 2 heteroatoms. The van der Waals surface area contributed by atoms with Gasteiger partial charge in [0.05, 0.1) is 22.2 Å². The van der Waals surface area contributed by atoms with Gasteiger partial charge in [0, 0.05) is 33.4 Å². The topological polar surface area (TPSA) is 8.17 Å². The fraction of sp³-hybridized carbons (Fsp3) is 0. The Balaban J connectivity index is 1.09. The zero-order valence-corrected chi connectivity index (χ0v) is 33.8. The Morgan fingerprint density at radius 2 is 0.839 bits per heavy atom. The van der Waals surface area contributed by atoms with E-state index in [4.69, 9.17) is 0 Å². The summed E-state index contributed by atoms with van der Waals surface area (Å²) in [5, 5.41) is 2.22. The third-order valence-electron chi connectivity index (χ3n) is 11.7. The summed E-state index contributed by atoms with van der Waals surface area (Å²) in [5.74, 6) is 0. The molecule has 10 aromatic carbocycles. The van der Waals surface area contributed by atoms with Crippen LogP contribution in [0.4, 0.5) is 17.1 Å². The molecule has 0 radical (unpaired) electrons. The van der Waals surface area contributed by atoms with Crippen molar-refractivity contribution in [3.8, 4) is 61.3 Å². The molecule has 2 nitrogen and oxygen atoms in total. The zero-order valence-electron chi connectivity index (χ0n) is 37.8. The SMILES string of the molecule is [2H]c1c([2H])c(N(c2ccc(-c3ccccc3)cc2)c2ccc(-c3ccccc3)cc2-c2ccccc2)c([2H])c([2H])c1-c1cccc(-c2cccc3c2c2ccccc2n3-c2ccccc2)c1. The second kappa shape index (κ2) is 16.1. The lowest BCUT2D eigenvalue weighted by atomic mass is 9.95. The Hall–Kier alpha value is -8.20. The van der Waals surface area contributed by atoms with E-state index in [1.807, 2.05) is 114 Å². The van der Waals surface area contributed by atoms with Crippen LogP contribution >= 0.6 is 0 Å². The molecule has 0 saturated carbocycles. The van der Waals surface area contributed by atoms with E-state index in [1.165, 1.54) is 0 Å². The standard InChI is InChI=1S/C60H42N2/c1-5-17-43(18-6-1)45-31-36-52(37-32-45)61(58-40-35-49(44-19-7-2-8-20-44)42-56(58)47-21-9-3-10-22-47)53-38-33-46(34-39-53)48-23-15-24-50(41-48)54-28-16-30-59-60(54)55-27-13-14-29-57(55)62(59)51-25-11-4-12-26-51/h1-42H/i33D,34D,38D,39D. The molecule has 0 N–H and O–H groups in total. The minimum absolute atomic E-state index is 0.116. The Morgan fingerprint density at radius 1 is 0.323 bits per heavy atom. The molecule has 0 spiro atoms. The highest BCUT2D eigenvalue weighted by Gasteiger charge is 2.20. The van der Waals surface area contributed by atoms with Gasteiger partial charge in [0.25, 0.3) is 0 Å². The van der Waals surface area contributed by atoms with Crippen molar-refractivity contribution < 1.29 is 5.48 Å². The Morgan fingerprint density at radius 3 is 1.55 bits per heavy atom. The van der Waals surface area contributed by atoms with Crippen LogP contribution in [0.25, 0.3) is 83.1 Å². The van der Waals surface area contributed by atoms with E-state index in [0.717, 1.165) is 77.7 Å². The van der Waals surface area contributed by atoms with Crippen molar-refractivity contribution in [3.63, 3.8) is 0 Å². The van der Waals surface area contributed by atoms with Crippen molar-refractivity contribution in [2.45, 2.75) is 0 Å². The molecule has 11 aromatic rings. The Kier molecular flexibility index (Phi) is 8.47. The molecule has 1 aromatic heterocycles. The molecule has 0 bridgehead atoms. The van der Waals surface area contributed by atoms with Gasteiger partial charge in [-0.3, -0.25) is 0 Å². The Labute approximate surface area is 368 Å². The van der Waals surface area contributed by atoms with Crippen LogP contribution in [0, 0.1) is 0 Å². The summed E-state index contributed by atoms with van der Waals surface area (Å²) in [7, 11) is 0. The lowest BCUT2D eigenvalue weighted by Gasteiger charge is -2.29. The first-order valence-corrected chi connectivity index (χ1v) is 20.9. The normalized spacial score (nSPS) is 12.1. The molecule has 1 heterocycles. The molecule has 0 aliphatic rings. The smallest absolute Gasteiger partial charge is 0.0645 e. The van der Waals surface area contributed by atoms with E-state index in [1.54, 1.807) is 0 Å². The van der Waals surface area contributed by atoms with Gasteiger partial charge in [-0.15, -0.1) is 0 Å². The predicted octanol–water partition coefficient (Wildman–Crippen LogP) is 16.6. The average molecular weight is 795 g/mol. The summed E-state index contributed by atoms with van der Waals surface area (Å²) < 4.78 is 41.4. The van der Waals surface area contributed by atoms with Crippen molar-refractivity contribution >= 4 is 38.9 Å². The molecule has 0 saturated heterocycles. The Bertz CT molecular complexity index is 3520. The summed E-state index contributed by atoms with van der Waals surface area (Å²) in [5.41, 5.74) is 13.7. The van der Waals surface area contributed by atoms with E-state index in [0.29, 0.717) is 11.3 Å². The summed E-state index contributed by atoms with van der Waals surface area (Å²) in [4.78, 5) is 1.90.